The maximum atomic E-state index is 12.7. The first-order valence-corrected chi connectivity index (χ1v) is 10.2. The van der Waals surface area contributed by atoms with Gasteiger partial charge in [0.05, 0.1) is 6.33 Å². The minimum atomic E-state index is -3.60. The molecule has 0 saturated carbocycles. The minimum absolute atomic E-state index is 0.00394. The van der Waals surface area contributed by atoms with E-state index in [1.807, 2.05) is 31.2 Å². The first-order chi connectivity index (χ1) is 12.4. The number of piperidine rings is 1. The molecule has 140 valence electrons. The van der Waals surface area contributed by atoms with Crippen molar-refractivity contribution < 1.29 is 13.2 Å². The number of aromatic nitrogens is 2. The monoisotopic (exact) mass is 376 g/mol. The van der Waals surface area contributed by atoms with E-state index < -0.39 is 10.0 Å². The van der Waals surface area contributed by atoms with Crippen molar-refractivity contribution in [2.24, 2.45) is 5.92 Å². The molecule has 8 heteroatoms. The standard InChI is InChI=1S/C18H24N4O3S/c1-14-7-9-22(10-8-14)26(24,25)18-12-21(13-19-18)11-17(23)20-16-6-4-3-5-15(16)2/h3-6,12-14H,7-11H2,1-2H3,(H,20,23). The molecule has 1 aromatic heterocycles. The highest BCUT2D eigenvalue weighted by Gasteiger charge is 2.29. The van der Waals surface area contributed by atoms with Gasteiger partial charge in [-0.1, -0.05) is 25.1 Å². The van der Waals surface area contributed by atoms with E-state index in [2.05, 4.69) is 17.2 Å². The van der Waals surface area contributed by atoms with Crippen LogP contribution >= 0.6 is 0 Å². The van der Waals surface area contributed by atoms with Crippen molar-refractivity contribution in [3.05, 3.63) is 42.4 Å². The van der Waals surface area contributed by atoms with Crippen LogP contribution in [0.15, 0.2) is 41.8 Å². The Kier molecular flexibility index (Phi) is 5.43. The summed E-state index contributed by atoms with van der Waals surface area (Å²) in [5.74, 6) is 0.316. The van der Waals surface area contributed by atoms with Gasteiger partial charge in [0.15, 0.2) is 5.03 Å². The van der Waals surface area contributed by atoms with Gasteiger partial charge in [-0.3, -0.25) is 4.79 Å². The van der Waals surface area contributed by atoms with Crippen LogP contribution in [0, 0.1) is 12.8 Å². The van der Waals surface area contributed by atoms with Gasteiger partial charge < -0.3 is 9.88 Å². The number of aryl methyl sites for hydroxylation is 1. The number of imidazole rings is 1. The van der Waals surface area contributed by atoms with E-state index in [0.717, 1.165) is 24.1 Å². The SMILES string of the molecule is Cc1ccccc1NC(=O)Cn1cnc(S(=O)(=O)N2CCC(C)CC2)c1. The highest BCUT2D eigenvalue weighted by Crippen LogP contribution is 2.22. The number of rotatable bonds is 5. The van der Waals surface area contributed by atoms with Gasteiger partial charge in [0.1, 0.15) is 6.54 Å². The summed E-state index contributed by atoms with van der Waals surface area (Å²) < 4.78 is 28.3. The van der Waals surface area contributed by atoms with Crippen molar-refractivity contribution in [1.29, 1.82) is 0 Å². The predicted molar refractivity (Wildman–Crippen MR) is 99.2 cm³/mol. The van der Waals surface area contributed by atoms with Crippen LogP contribution in [0.25, 0.3) is 0 Å². The normalized spacial score (nSPS) is 16.5. The summed E-state index contributed by atoms with van der Waals surface area (Å²) in [6.07, 6.45) is 4.53. The molecule has 0 atom stereocenters. The Morgan fingerprint density at radius 2 is 1.96 bits per heavy atom. The van der Waals surface area contributed by atoms with E-state index in [0.29, 0.717) is 19.0 Å². The zero-order valence-corrected chi connectivity index (χ0v) is 15.9. The van der Waals surface area contributed by atoms with Gasteiger partial charge in [0.2, 0.25) is 5.91 Å². The van der Waals surface area contributed by atoms with Crippen LogP contribution in [-0.4, -0.2) is 41.3 Å². The molecule has 26 heavy (non-hydrogen) atoms. The topological polar surface area (TPSA) is 84.3 Å². The minimum Gasteiger partial charge on any atom is -0.327 e. The second-order valence-electron chi connectivity index (χ2n) is 6.83. The lowest BCUT2D eigenvalue weighted by atomic mass is 10.0. The number of nitrogens with one attached hydrogen (secondary N) is 1. The fourth-order valence-corrected chi connectivity index (χ4v) is 4.39. The smallest absolute Gasteiger partial charge is 0.262 e. The van der Waals surface area contributed by atoms with Crippen LogP contribution in [0.5, 0.6) is 0 Å². The first-order valence-electron chi connectivity index (χ1n) is 8.73. The molecule has 0 aliphatic carbocycles. The van der Waals surface area contributed by atoms with Crippen molar-refractivity contribution in [1.82, 2.24) is 13.9 Å². The molecule has 1 aliphatic rings. The van der Waals surface area contributed by atoms with Crippen LogP contribution in [-0.2, 0) is 21.4 Å². The van der Waals surface area contributed by atoms with Gasteiger partial charge >= 0.3 is 0 Å². The Morgan fingerprint density at radius 3 is 2.65 bits per heavy atom. The molecule has 0 radical (unpaired) electrons. The molecule has 0 unspecified atom stereocenters. The summed E-state index contributed by atoms with van der Waals surface area (Å²) >= 11 is 0. The highest BCUT2D eigenvalue weighted by molar-refractivity contribution is 7.89. The van der Waals surface area contributed by atoms with Crippen molar-refractivity contribution in [2.75, 3.05) is 18.4 Å². The van der Waals surface area contributed by atoms with E-state index >= 15 is 0 Å². The van der Waals surface area contributed by atoms with Crippen LogP contribution in [0.2, 0.25) is 0 Å². The molecule has 2 heterocycles. The van der Waals surface area contributed by atoms with Crippen LogP contribution < -0.4 is 5.32 Å². The Bertz CT molecular complexity index is 883. The molecule has 3 rings (SSSR count). The molecule has 2 aromatic rings. The van der Waals surface area contributed by atoms with Gasteiger partial charge in [-0.2, -0.15) is 4.31 Å². The van der Waals surface area contributed by atoms with Crippen LogP contribution in [0.4, 0.5) is 5.69 Å². The Hall–Kier alpha value is -2.19. The van der Waals surface area contributed by atoms with Gasteiger partial charge in [0.25, 0.3) is 10.0 Å². The van der Waals surface area contributed by atoms with Crippen molar-refractivity contribution in [3.8, 4) is 0 Å². The molecule has 1 saturated heterocycles. The zero-order chi connectivity index (χ0) is 18.7. The number of hydrogen-bond acceptors (Lipinski definition) is 4. The third-order valence-electron chi connectivity index (χ3n) is 4.70. The van der Waals surface area contributed by atoms with Crippen LogP contribution in [0.1, 0.15) is 25.3 Å². The van der Waals surface area contributed by atoms with Crippen molar-refractivity contribution in [3.63, 3.8) is 0 Å². The number of sulfonamides is 1. The first kappa shape index (κ1) is 18.6. The number of hydrogen-bond donors (Lipinski definition) is 1. The molecular formula is C18H24N4O3S. The number of carbonyl (C=O) groups is 1. The summed E-state index contributed by atoms with van der Waals surface area (Å²) in [6.45, 7) is 5.09. The summed E-state index contributed by atoms with van der Waals surface area (Å²) in [5.41, 5.74) is 1.71. The van der Waals surface area contributed by atoms with E-state index in [1.165, 1.54) is 21.4 Å². The number of nitrogens with zero attached hydrogens (tertiary/aromatic N) is 3. The average Bonchev–Trinajstić information content (AvgIpc) is 3.06. The van der Waals surface area contributed by atoms with Gasteiger partial charge in [-0.15, -0.1) is 0 Å². The number of anilines is 1. The predicted octanol–water partition coefficient (Wildman–Crippen LogP) is 2.25. The van der Waals surface area contributed by atoms with Gasteiger partial charge in [0, 0.05) is 25.0 Å². The molecule has 0 spiro atoms. The number of carbonyl (C=O) groups excluding carboxylic acids is 1. The molecule has 1 aliphatic heterocycles. The van der Waals surface area contributed by atoms with E-state index in [4.69, 9.17) is 0 Å². The Balaban J connectivity index is 1.66. The molecule has 1 N–H and O–H groups in total. The quantitative estimate of drug-likeness (QED) is 0.867. The number of para-hydroxylation sites is 1. The fourth-order valence-electron chi connectivity index (χ4n) is 2.99. The lowest BCUT2D eigenvalue weighted by Gasteiger charge is -2.28. The van der Waals surface area contributed by atoms with Crippen LogP contribution in [0.3, 0.4) is 0 Å². The lowest BCUT2D eigenvalue weighted by Crippen LogP contribution is -2.38. The zero-order valence-electron chi connectivity index (χ0n) is 15.1. The molecular weight excluding hydrogens is 352 g/mol. The number of benzene rings is 1. The largest absolute Gasteiger partial charge is 0.327 e. The molecule has 1 fully saturated rings. The summed E-state index contributed by atoms with van der Waals surface area (Å²) in [5, 5.41) is 2.82. The number of amides is 1. The maximum absolute atomic E-state index is 12.7. The van der Waals surface area contributed by atoms with Gasteiger partial charge in [-0.25, -0.2) is 13.4 Å². The summed E-state index contributed by atoms with van der Waals surface area (Å²) in [6, 6.07) is 7.49. The molecule has 0 bridgehead atoms. The summed E-state index contributed by atoms with van der Waals surface area (Å²) in [7, 11) is -3.60. The summed E-state index contributed by atoms with van der Waals surface area (Å²) in [4.78, 5) is 16.2. The van der Waals surface area contributed by atoms with Crippen molar-refractivity contribution in [2.45, 2.75) is 38.3 Å². The lowest BCUT2D eigenvalue weighted by molar-refractivity contribution is -0.116. The maximum Gasteiger partial charge on any atom is 0.262 e. The van der Waals surface area contributed by atoms with E-state index in [1.54, 1.807) is 0 Å². The van der Waals surface area contributed by atoms with Crippen molar-refractivity contribution >= 4 is 21.6 Å². The average molecular weight is 376 g/mol. The molecule has 1 aromatic carbocycles. The molecule has 1 amide bonds. The second-order valence-corrected chi connectivity index (χ2v) is 8.72. The van der Waals surface area contributed by atoms with Gasteiger partial charge in [-0.05, 0) is 37.3 Å². The second kappa shape index (κ2) is 7.59. The van der Waals surface area contributed by atoms with E-state index in [-0.39, 0.29) is 17.5 Å². The highest BCUT2D eigenvalue weighted by atomic mass is 32.2. The fraction of sp³-hybridized carbons (Fsp3) is 0.444. The Morgan fingerprint density at radius 1 is 1.27 bits per heavy atom. The van der Waals surface area contributed by atoms with E-state index in [9.17, 15) is 13.2 Å². The third-order valence-corrected chi connectivity index (χ3v) is 6.49. The molecule has 7 nitrogen and oxygen atoms in total. The third kappa shape index (κ3) is 4.13. The Labute approximate surface area is 154 Å².